The van der Waals surface area contributed by atoms with Crippen LogP contribution in [0.2, 0.25) is 0 Å². The van der Waals surface area contributed by atoms with E-state index in [4.69, 9.17) is 5.73 Å². The maximum Gasteiger partial charge on any atom is 0.278 e. The number of hydrogen-bond donors (Lipinski definition) is 3. The molecule has 5 rings (SSSR count). The van der Waals surface area contributed by atoms with Crippen molar-refractivity contribution in [3.8, 4) is 0 Å². The summed E-state index contributed by atoms with van der Waals surface area (Å²) in [6.45, 7) is 1.18. The molecule has 0 saturated carbocycles. The molecule has 2 bridgehead atoms. The number of aromatic nitrogens is 2. The summed E-state index contributed by atoms with van der Waals surface area (Å²) >= 11 is 2.11. The van der Waals surface area contributed by atoms with Crippen molar-refractivity contribution in [2.45, 2.75) is 29.9 Å². The molecule has 188 valence electrons. The van der Waals surface area contributed by atoms with Gasteiger partial charge in [-0.3, -0.25) is 14.5 Å². The van der Waals surface area contributed by atoms with E-state index in [0.29, 0.717) is 41.7 Å². The minimum atomic E-state index is -1.46. The SMILES string of the molecule is Nc1nc(/C(=N/OCF)C(=O)N[C@@H]2C(=O)N3C(C(=O)[O-])=C(C[N+]45CCC(O)(CC4)C5)CS[C@H]23)ns1. The highest BCUT2D eigenvalue weighted by Crippen LogP contribution is 2.44. The molecule has 0 aromatic carbocycles. The van der Waals surface area contributed by atoms with Gasteiger partial charge in [0.15, 0.2) is 5.13 Å². The van der Waals surface area contributed by atoms with Gasteiger partial charge in [-0.25, -0.2) is 4.39 Å². The van der Waals surface area contributed by atoms with E-state index in [9.17, 15) is 29.0 Å². The Morgan fingerprint density at radius 3 is 2.74 bits per heavy atom. The fourth-order valence-electron chi connectivity index (χ4n) is 5.29. The quantitative estimate of drug-likeness (QED) is 0.142. The van der Waals surface area contributed by atoms with Crippen molar-refractivity contribution in [2.75, 3.05) is 44.5 Å². The van der Waals surface area contributed by atoms with E-state index in [-0.39, 0.29) is 16.7 Å². The molecular weight excluding hydrogens is 505 g/mol. The summed E-state index contributed by atoms with van der Waals surface area (Å²) < 4.78 is 16.9. The first-order valence-electron chi connectivity index (χ1n) is 10.8. The number of rotatable bonds is 8. The average molecular weight is 528 g/mol. The molecule has 2 amide bonds. The van der Waals surface area contributed by atoms with Crippen LogP contribution >= 0.6 is 23.3 Å². The minimum absolute atomic E-state index is 0.0478. The summed E-state index contributed by atoms with van der Waals surface area (Å²) in [5.74, 6) is -2.84. The van der Waals surface area contributed by atoms with Crippen molar-refractivity contribution >= 4 is 51.9 Å². The normalized spacial score (nSPS) is 31.9. The number of alkyl halides is 1. The summed E-state index contributed by atoms with van der Waals surface area (Å²) in [6, 6.07) is -1.05. The van der Waals surface area contributed by atoms with Crippen LogP contribution in [0.5, 0.6) is 0 Å². The number of aliphatic hydroxyl groups is 1. The zero-order valence-electron chi connectivity index (χ0n) is 18.3. The Kier molecular flexibility index (Phi) is 5.93. The fourth-order valence-corrected chi connectivity index (χ4v) is 7.06. The molecule has 0 aliphatic carbocycles. The van der Waals surface area contributed by atoms with Gasteiger partial charge >= 0.3 is 0 Å². The second-order valence-electron chi connectivity index (χ2n) is 9.06. The molecule has 16 heteroatoms. The van der Waals surface area contributed by atoms with E-state index < -0.39 is 47.4 Å². The van der Waals surface area contributed by atoms with Crippen LogP contribution in [-0.4, -0.2) is 103 Å². The first kappa shape index (κ1) is 23.9. The number of amides is 2. The predicted molar refractivity (Wildman–Crippen MR) is 119 cm³/mol. The summed E-state index contributed by atoms with van der Waals surface area (Å²) in [7, 11) is 0. The number of carboxylic acids is 1. The number of quaternary nitrogens is 1. The van der Waals surface area contributed by atoms with E-state index in [2.05, 4.69) is 24.7 Å². The number of piperidine rings is 1. The first-order chi connectivity index (χ1) is 16.7. The Labute approximate surface area is 206 Å². The lowest BCUT2D eigenvalue weighted by atomic mass is 10.00. The number of nitrogens with one attached hydrogen (secondary N) is 1. The van der Waals surface area contributed by atoms with Crippen LogP contribution in [0.3, 0.4) is 0 Å². The summed E-state index contributed by atoms with van der Waals surface area (Å²) in [4.78, 5) is 47.1. The van der Waals surface area contributed by atoms with E-state index in [1.165, 1.54) is 11.8 Å². The predicted octanol–water partition coefficient (Wildman–Crippen LogP) is -2.47. The van der Waals surface area contributed by atoms with Crippen molar-refractivity contribution in [3.63, 3.8) is 0 Å². The number of carbonyl (C=O) groups is 3. The lowest BCUT2D eigenvalue weighted by Gasteiger charge is -2.51. The molecule has 35 heavy (non-hydrogen) atoms. The topological polar surface area (TPSA) is 183 Å². The lowest BCUT2D eigenvalue weighted by Crippen LogP contribution is -2.71. The molecule has 1 aromatic rings. The largest absolute Gasteiger partial charge is 0.543 e. The molecule has 2 atom stereocenters. The number of nitrogens with zero attached hydrogens (tertiary/aromatic N) is 5. The van der Waals surface area contributed by atoms with E-state index in [0.717, 1.165) is 29.5 Å². The number of β-lactam (4-membered cyclic amide) rings is 1. The Morgan fingerprint density at radius 1 is 1.43 bits per heavy atom. The molecule has 0 spiro atoms. The zero-order valence-corrected chi connectivity index (χ0v) is 19.9. The van der Waals surface area contributed by atoms with Gasteiger partial charge in [0.25, 0.3) is 18.7 Å². The van der Waals surface area contributed by atoms with Gasteiger partial charge in [0.2, 0.25) is 11.5 Å². The third kappa shape index (κ3) is 4.13. The molecule has 4 aliphatic heterocycles. The standard InChI is InChI=1S/C19H22FN7O6S2/c20-8-33-24-10(13-23-18(21)35-25-13)14(28)22-11-15(29)26-12(17(30)31)9(6-34-16(11)26)5-27-3-1-19(32,7-27)2-4-27/h11,16,32H,1-8H2,(H3-,21,22,23,25,28,30,31)/b24-10-/t11-,16-,19?,27?/m1/s1. The number of anilines is 1. The number of nitrogen functional groups attached to an aromatic ring is 1. The monoisotopic (exact) mass is 527 g/mol. The van der Waals surface area contributed by atoms with E-state index >= 15 is 0 Å². The summed E-state index contributed by atoms with van der Waals surface area (Å²) in [5, 5.41) is 27.9. The van der Waals surface area contributed by atoms with Crippen LogP contribution in [0, 0.1) is 0 Å². The third-order valence-corrected chi connectivity index (χ3v) is 8.74. The molecule has 0 radical (unpaired) electrons. The number of aliphatic carboxylic acids is 1. The first-order valence-corrected chi connectivity index (χ1v) is 12.6. The Hall–Kier alpha value is -2.82. The summed E-state index contributed by atoms with van der Waals surface area (Å²) in [5.41, 5.74) is 4.77. The Balaban J connectivity index is 1.33. The fraction of sp³-hybridized carbons (Fsp3) is 0.579. The van der Waals surface area contributed by atoms with Gasteiger partial charge < -0.3 is 35.4 Å². The lowest BCUT2D eigenvalue weighted by molar-refractivity contribution is -0.904. The van der Waals surface area contributed by atoms with Gasteiger partial charge in [-0.1, -0.05) is 5.16 Å². The highest BCUT2D eigenvalue weighted by atomic mass is 32.2. The Morgan fingerprint density at radius 2 is 2.17 bits per heavy atom. The number of carbonyl (C=O) groups excluding carboxylic acids is 3. The maximum atomic E-state index is 13.0. The highest BCUT2D eigenvalue weighted by Gasteiger charge is 2.57. The number of carboxylic acid groups (broad SMARTS) is 1. The van der Waals surface area contributed by atoms with Crippen LogP contribution in [0.15, 0.2) is 16.4 Å². The van der Waals surface area contributed by atoms with Gasteiger partial charge in [-0.05, 0) is 0 Å². The van der Waals surface area contributed by atoms with Crippen LogP contribution in [-0.2, 0) is 19.2 Å². The van der Waals surface area contributed by atoms with Crippen molar-refractivity contribution in [1.82, 2.24) is 19.6 Å². The molecule has 3 saturated heterocycles. The second kappa shape index (κ2) is 8.69. The highest BCUT2D eigenvalue weighted by molar-refractivity contribution is 8.00. The van der Waals surface area contributed by atoms with E-state index in [1.54, 1.807) is 0 Å². The minimum Gasteiger partial charge on any atom is -0.543 e. The third-order valence-electron chi connectivity index (χ3n) is 6.86. The number of thioether (sulfide) groups is 1. The number of fused-ring (bicyclic) bond motifs is 3. The van der Waals surface area contributed by atoms with Gasteiger partial charge in [-0.2, -0.15) is 9.36 Å². The number of oxime groups is 1. The molecule has 4 N–H and O–H groups in total. The Bertz CT molecular complexity index is 1150. The van der Waals surface area contributed by atoms with Crippen LogP contribution in [0.1, 0.15) is 18.7 Å². The number of hydrogen-bond acceptors (Lipinski definition) is 12. The van der Waals surface area contributed by atoms with Gasteiger partial charge in [-0.15, -0.1) is 11.8 Å². The molecule has 3 fully saturated rings. The zero-order chi connectivity index (χ0) is 25.0. The molecule has 0 unspecified atom stereocenters. The van der Waals surface area contributed by atoms with Crippen LogP contribution in [0.25, 0.3) is 0 Å². The molecular formula is C19H22FN7O6S2. The van der Waals surface area contributed by atoms with Crippen molar-refractivity contribution in [3.05, 3.63) is 17.1 Å². The molecule has 4 aliphatic rings. The average Bonchev–Trinajstić information content (AvgIpc) is 3.49. The second-order valence-corrected chi connectivity index (χ2v) is 11.0. The van der Waals surface area contributed by atoms with Gasteiger partial charge in [0.1, 0.15) is 30.1 Å². The smallest absolute Gasteiger partial charge is 0.278 e. The molecule has 1 aromatic heterocycles. The van der Waals surface area contributed by atoms with Crippen molar-refractivity contribution in [2.24, 2.45) is 5.16 Å². The van der Waals surface area contributed by atoms with E-state index in [1.807, 2.05) is 0 Å². The molecule has 5 heterocycles. The van der Waals surface area contributed by atoms with Crippen molar-refractivity contribution in [1.29, 1.82) is 0 Å². The summed E-state index contributed by atoms with van der Waals surface area (Å²) in [6.07, 6.45) is 1.34. The number of halogens is 1. The van der Waals surface area contributed by atoms with Gasteiger partial charge in [0.05, 0.1) is 24.8 Å². The van der Waals surface area contributed by atoms with Crippen molar-refractivity contribution < 1.29 is 38.3 Å². The molecule has 13 nitrogen and oxygen atoms in total. The van der Waals surface area contributed by atoms with Crippen LogP contribution < -0.4 is 16.2 Å². The van der Waals surface area contributed by atoms with Gasteiger partial charge in [0, 0.05) is 35.7 Å². The number of nitrogens with two attached hydrogens (primary N) is 1. The maximum absolute atomic E-state index is 13.0. The van der Waals surface area contributed by atoms with Crippen LogP contribution in [0.4, 0.5) is 9.52 Å².